The number of benzene rings is 1. The quantitative estimate of drug-likeness (QED) is 0.875. The Labute approximate surface area is 117 Å². The molecule has 0 saturated carbocycles. The van der Waals surface area contributed by atoms with Crippen LogP contribution in [-0.4, -0.2) is 35.2 Å². The molecule has 0 aliphatic rings. The van der Waals surface area contributed by atoms with Crippen LogP contribution in [0.3, 0.4) is 0 Å². The smallest absolute Gasteiger partial charge is 0.252 e. The Morgan fingerprint density at radius 1 is 1.56 bits per heavy atom. The van der Waals surface area contributed by atoms with Crippen LogP contribution in [0.25, 0.3) is 0 Å². The molecule has 0 spiro atoms. The number of aliphatic hydroxyl groups is 1. The SMILES string of the molecule is CSCC(C)(O)CNC(=O)c1ccc(C)cc1Cl. The predicted molar refractivity (Wildman–Crippen MR) is 77.5 cm³/mol. The Morgan fingerprint density at radius 2 is 2.22 bits per heavy atom. The average molecular weight is 288 g/mol. The minimum absolute atomic E-state index is 0.205. The summed E-state index contributed by atoms with van der Waals surface area (Å²) in [6, 6.07) is 5.27. The second kappa shape index (κ2) is 6.45. The molecule has 0 bridgehead atoms. The van der Waals surface area contributed by atoms with Crippen molar-refractivity contribution in [2.24, 2.45) is 0 Å². The van der Waals surface area contributed by atoms with Crippen LogP contribution in [-0.2, 0) is 0 Å². The van der Waals surface area contributed by atoms with Crippen LogP contribution in [0.15, 0.2) is 18.2 Å². The van der Waals surface area contributed by atoms with Gasteiger partial charge in [-0.1, -0.05) is 17.7 Å². The summed E-state index contributed by atoms with van der Waals surface area (Å²) in [6.45, 7) is 3.81. The van der Waals surface area contributed by atoms with Crippen molar-refractivity contribution >= 4 is 29.3 Å². The maximum atomic E-state index is 11.9. The monoisotopic (exact) mass is 287 g/mol. The molecule has 100 valence electrons. The van der Waals surface area contributed by atoms with E-state index in [0.29, 0.717) is 16.3 Å². The molecule has 1 amide bonds. The molecule has 3 nitrogen and oxygen atoms in total. The highest BCUT2D eigenvalue weighted by Crippen LogP contribution is 2.17. The summed E-state index contributed by atoms with van der Waals surface area (Å²) in [5, 5.41) is 13.1. The zero-order valence-corrected chi connectivity index (χ0v) is 12.4. The average Bonchev–Trinajstić information content (AvgIpc) is 2.26. The number of carbonyl (C=O) groups is 1. The van der Waals surface area contributed by atoms with E-state index in [4.69, 9.17) is 11.6 Å². The summed E-state index contributed by atoms with van der Waals surface area (Å²) < 4.78 is 0. The van der Waals surface area contributed by atoms with Crippen molar-refractivity contribution in [3.8, 4) is 0 Å². The number of rotatable bonds is 5. The molecular weight excluding hydrogens is 270 g/mol. The van der Waals surface area contributed by atoms with Crippen LogP contribution in [0.4, 0.5) is 0 Å². The van der Waals surface area contributed by atoms with Gasteiger partial charge in [0.05, 0.1) is 16.2 Å². The molecule has 0 aromatic heterocycles. The van der Waals surface area contributed by atoms with E-state index in [2.05, 4.69) is 5.32 Å². The van der Waals surface area contributed by atoms with Crippen molar-refractivity contribution < 1.29 is 9.90 Å². The van der Waals surface area contributed by atoms with Gasteiger partial charge < -0.3 is 10.4 Å². The lowest BCUT2D eigenvalue weighted by atomic mass is 10.1. The lowest BCUT2D eigenvalue weighted by molar-refractivity contribution is 0.0725. The predicted octanol–water partition coefficient (Wildman–Crippen LogP) is 2.49. The maximum Gasteiger partial charge on any atom is 0.252 e. The van der Waals surface area contributed by atoms with Crippen LogP contribution in [0.5, 0.6) is 0 Å². The molecule has 1 atom stereocenters. The van der Waals surface area contributed by atoms with Gasteiger partial charge in [-0.2, -0.15) is 11.8 Å². The minimum atomic E-state index is -0.910. The van der Waals surface area contributed by atoms with Crippen molar-refractivity contribution in [1.82, 2.24) is 5.32 Å². The lowest BCUT2D eigenvalue weighted by Crippen LogP contribution is -2.42. The third kappa shape index (κ3) is 4.52. The zero-order chi connectivity index (χ0) is 13.8. The second-order valence-electron chi connectivity index (χ2n) is 4.60. The zero-order valence-electron chi connectivity index (χ0n) is 10.8. The van der Waals surface area contributed by atoms with Crippen LogP contribution in [0, 0.1) is 6.92 Å². The van der Waals surface area contributed by atoms with Gasteiger partial charge >= 0.3 is 0 Å². The standard InChI is InChI=1S/C13H18ClNO2S/c1-9-4-5-10(11(14)6-9)12(16)15-7-13(2,17)8-18-3/h4-6,17H,7-8H2,1-3H3,(H,15,16). The number of halogens is 1. The van der Waals surface area contributed by atoms with Gasteiger partial charge in [0.25, 0.3) is 5.91 Å². The first-order chi connectivity index (χ1) is 8.35. The van der Waals surface area contributed by atoms with E-state index >= 15 is 0 Å². The fraction of sp³-hybridized carbons (Fsp3) is 0.462. The van der Waals surface area contributed by atoms with Crippen molar-refractivity contribution in [1.29, 1.82) is 0 Å². The molecule has 1 unspecified atom stereocenters. The van der Waals surface area contributed by atoms with E-state index in [1.165, 1.54) is 11.8 Å². The Morgan fingerprint density at radius 3 is 2.78 bits per heavy atom. The molecule has 0 heterocycles. The number of amides is 1. The van der Waals surface area contributed by atoms with E-state index in [1.807, 2.05) is 19.2 Å². The van der Waals surface area contributed by atoms with Crippen LogP contribution < -0.4 is 5.32 Å². The van der Waals surface area contributed by atoms with Crippen molar-refractivity contribution in [2.45, 2.75) is 19.4 Å². The van der Waals surface area contributed by atoms with Crippen molar-refractivity contribution in [3.05, 3.63) is 34.3 Å². The molecule has 1 aromatic rings. The minimum Gasteiger partial charge on any atom is -0.387 e. The second-order valence-corrected chi connectivity index (χ2v) is 5.87. The lowest BCUT2D eigenvalue weighted by Gasteiger charge is -2.22. The molecule has 0 aliphatic carbocycles. The normalized spacial score (nSPS) is 14.1. The molecule has 5 heteroatoms. The van der Waals surface area contributed by atoms with E-state index in [9.17, 15) is 9.90 Å². The van der Waals surface area contributed by atoms with Gasteiger partial charge in [-0.15, -0.1) is 0 Å². The molecule has 0 aliphatic heterocycles. The topological polar surface area (TPSA) is 49.3 Å². The Balaban J connectivity index is 2.66. The Kier molecular flexibility index (Phi) is 5.50. The number of carbonyl (C=O) groups excluding carboxylic acids is 1. The van der Waals surface area contributed by atoms with E-state index in [-0.39, 0.29) is 12.5 Å². The molecule has 2 N–H and O–H groups in total. The van der Waals surface area contributed by atoms with Gasteiger partial charge in [-0.3, -0.25) is 4.79 Å². The van der Waals surface area contributed by atoms with Crippen LogP contribution in [0.1, 0.15) is 22.8 Å². The highest BCUT2D eigenvalue weighted by molar-refractivity contribution is 7.98. The van der Waals surface area contributed by atoms with Gasteiger partial charge in [0.1, 0.15) is 0 Å². The highest BCUT2D eigenvalue weighted by Gasteiger charge is 2.21. The van der Waals surface area contributed by atoms with E-state index in [1.54, 1.807) is 19.1 Å². The number of aryl methyl sites for hydroxylation is 1. The van der Waals surface area contributed by atoms with Crippen LogP contribution >= 0.6 is 23.4 Å². The Hall–Kier alpha value is -0.710. The summed E-state index contributed by atoms with van der Waals surface area (Å²) in [7, 11) is 0. The molecule has 0 radical (unpaired) electrons. The summed E-state index contributed by atoms with van der Waals surface area (Å²) in [6.07, 6.45) is 1.91. The first-order valence-electron chi connectivity index (χ1n) is 5.61. The van der Waals surface area contributed by atoms with E-state index < -0.39 is 5.60 Å². The first-order valence-corrected chi connectivity index (χ1v) is 7.38. The van der Waals surface area contributed by atoms with Crippen molar-refractivity contribution in [3.63, 3.8) is 0 Å². The number of nitrogens with one attached hydrogen (secondary N) is 1. The highest BCUT2D eigenvalue weighted by atomic mass is 35.5. The molecular formula is C13H18ClNO2S. The Bertz CT molecular complexity index is 435. The summed E-state index contributed by atoms with van der Waals surface area (Å²) >= 11 is 7.54. The van der Waals surface area contributed by atoms with E-state index in [0.717, 1.165) is 5.56 Å². The van der Waals surface area contributed by atoms with Gasteiger partial charge in [-0.05, 0) is 37.8 Å². The third-order valence-electron chi connectivity index (χ3n) is 2.45. The fourth-order valence-corrected chi connectivity index (χ4v) is 2.58. The molecule has 18 heavy (non-hydrogen) atoms. The first kappa shape index (κ1) is 15.3. The molecule has 1 rings (SSSR count). The van der Waals surface area contributed by atoms with Gasteiger partial charge in [0.2, 0.25) is 0 Å². The van der Waals surface area contributed by atoms with Gasteiger partial charge in [0.15, 0.2) is 0 Å². The number of thioether (sulfide) groups is 1. The molecule has 1 aromatic carbocycles. The third-order valence-corrected chi connectivity index (χ3v) is 3.68. The molecule has 0 fully saturated rings. The molecule has 0 saturated heterocycles. The summed E-state index contributed by atoms with van der Waals surface area (Å²) in [5.41, 5.74) is 0.528. The summed E-state index contributed by atoms with van der Waals surface area (Å²) in [5.74, 6) is 0.302. The van der Waals surface area contributed by atoms with Crippen LogP contribution in [0.2, 0.25) is 5.02 Å². The fourth-order valence-electron chi connectivity index (χ4n) is 1.53. The van der Waals surface area contributed by atoms with Gasteiger partial charge in [0, 0.05) is 12.3 Å². The number of hydrogen-bond donors (Lipinski definition) is 2. The number of hydrogen-bond acceptors (Lipinski definition) is 3. The maximum absolute atomic E-state index is 11.9. The van der Waals surface area contributed by atoms with Gasteiger partial charge in [-0.25, -0.2) is 0 Å². The summed E-state index contributed by atoms with van der Waals surface area (Å²) in [4.78, 5) is 11.9. The largest absolute Gasteiger partial charge is 0.387 e. The van der Waals surface area contributed by atoms with Crippen molar-refractivity contribution in [2.75, 3.05) is 18.6 Å².